The van der Waals surface area contributed by atoms with Crippen molar-refractivity contribution >= 4 is 23.4 Å². The minimum Gasteiger partial charge on any atom is -0.493 e. The second kappa shape index (κ2) is 11.5. The lowest BCUT2D eigenvalue weighted by atomic mass is 10.1. The Morgan fingerprint density at radius 1 is 0.833 bits per heavy atom. The summed E-state index contributed by atoms with van der Waals surface area (Å²) >= 11 is 0. The van der Waals surface area contributed by atoms with Crippen molar-refractivity contribution in [3.05, 3.63) is 42.0 Å². The zero-order chi connectivity index (χ0) is 21.9. The zero-order valence-electron chi connectivity index (χ0n) is 17.4. The van der Waals surface area contributed by atoms with Gasteiger partial charge in [-0.1, -0.05) is 6.07 Å². The third-order valence-corrected chi connectivity index (χ3v) is 4.00. The summed E-state index contributed by atoms with van der Waals surface area (Å²) in [6.07, 6.45) is -0.513. The van der Waals surface area contributed by atoms with Crippen LogP contribution in [0, 0.1) is 0 Å². The molecule has 0 heterocycles. The van der Waals surface area contributed by atoms with Crippen molar-refractivity contribution in [2.75, 3.05) is 52.3 Å². The predicted octanol–water partition coefficient (Wildman–Crippen LogP) is 3.09. The van der Waals surface area contributed by atoms with Gasteiger partial charge in [-0.3, -0.25) is 10.1 Å². The van der Waals surface area contributed by atoms with Crippen molar-refractivity contribution in [2.24, 2.45) is 0 Å². The van der Waals surface area contributed by atoms with Crippen LogP contribution in [0.15, 0.2) is 36.4 Å². The Bertz CT molecular complexity index is 845. The molecule has 0 unspecified atom stereocenters. The van der Waals surface area contributed by atoms with Gasteiger partial charge in [0.25, 0.3) is 0 Å². The highest BCUT2D eigenvalue weighted by Gasteiger charge is 2.15. The summed E-state index contributed by atoms with van der Waals surface area (Å²) in [5, 5.41) is 5.39. The van der Waals surface area contributed by atoms with E-state index >= 15 is 0 Å². The molecule has 0 saturated carbocycles. The minimum absolute atomic E-state index is 0.0907. The van der Waals surface area contributed by atoms with Crippen LogP contribution in [-0.2, 0) is 20.7 Å². The van der Waals surface area contributed by atoms with Crippen molar-refractivity contribution in [1.29, 1.82) is 0 Å². The van der Waals surface area contributed by atoms with Crippen molar-refractivity contribution < 1.29 is 33.3 Å². The van der Waals surface area contributed by atoms with Gasteiger partial charge in [0.2, 0.25) is 11.7 Å². The van der Waals surface area contributed by atoms with Gasteiger partial charge in [0, 0.05) is 18.5 Å². The van der Waals surface area contributed by atoms with Gasteiger partial charge in [0.15, 0.2) is 11.5 Å². The Morgan fingerprint density at radius 3 is 2.03 bits per heavy atom. The van der Waals surface area contributed by atoms with Gasteiger partial charge in [-0.2, -0.15) is 0 Å². The van der Waals surface area contributed by atoms with Gasteiger partial charge in [-0.15, -0.1) is 0 Å². The molecule has 9 heteroatoms. The van der Waals surface area contributed by atoms with Crippen LogP contribution in [-0.4, -0.2) is 53.7 Å². The van der Waals surface area contributed by atoms with E-state index in [1.165, 1.54) is 28.4 Å². The summed E-state index contributed by atoms with van der Waals surface area (Å²) in [4.78, 5) is 24.2. The maximum absolute atomic E-state index is 12.5. The standard InChI is InChI=1S/C21H26N2O7/c1-26-8-9-30-21(25)23-16-7-5-6-15(13-16)22-19(24)12-14-10-17(27-2)20(29-4)18(11-14)28-3/h5-7,10-11,13H,8-9,12H2,1-4H3,(H,22,24)(H,23,25). The van der Waals surface area contributed by atoms with E-state index in [1.807, 2.05) is 0 Å². The monoisotopic (exact) mass is 418 g/mol. The number of amides is 2. The second-order valence-corrected chi connectivity index (χ2v) is 6.09. The molecule has 0 aromatic heterocycles. The lowest BCUT2D eigenvalue weighted by Crippen LogP contribution is -2.17. The van der Waals surface area contributed by atoms with Gasteiger partial charge < -0.3 is 29.0 Å². The van der Waals surface area contributed by atoms with Crippen LogP contribution in [0.3, 0.4) is 0 Å². The van der Waals surface area contributed by atoms with Crippen LogP contribution in [0.4, 0.5) is 16.2 Å². The van der Waals surface area contributed by atoms with E-state index in [1.54, 1.807) is 36.4 Å². The summed E-state index contributed by atoms with van der Waals surface area (Å²) in [6, 6.07) is 10.2. The summed E-state index contributed by atoms with van der Waals surface area (Å²) in [5.41, 5.74) is 1.71. The van der Waals surface area contributed by atoms with Crippen molar-refractivity contribution in [1.82, 2.24) is 0 Å². The molecule has 0 atom stereocenters. The molecule has 162 valence electrons. The molecule has 2 amide bonds. The number of anilines is 2. The molecule has 0 spiro atoms. The van der Waals surface area contributed by atoms with E-state index in [0.29, 0.717) is 40.8 Å². The molecule has 0 aliphatic heterocycles. The SMILES string of the molecule is COCCOC(=O)Nc1cccc(NC(=O)Cc2cc(OC)c(OC)c(OC)c2)c1. The zero-order valence-corrected chi connectivity index (χ0v) is 17.4. The number of nitrogens with one attached hydrogen (secondary N) is 2. The van der Waals surface area contributed by atoms with Crippen LogP contribution in [0.5, 0.6) is 17.2 Å². The van der Waals surface area contributed by atoms with E-state index in [-0.39, 0.29) is 18.9 Å². The first-order chi connectivity index (χ1) is 14.5. The van der Waals surface area contributed by atoms with Crippen molar-refractivity contribution in [3.63, 3.8) is 0 Å². The van der Waals surface area contributed by atoms with Gasteiger partial charge in [-0.05, 0) is 35.9 Å². The fourth-order valence-corrected chi connectivity index (χ4v) is 2.67. The number of carbonyl (C=O) groups excluding carboxylic acids is 2. The number of benzene rings is 2. The highest BCUT2D eigenvalue weighted by Crippen LogP contribution is 2.38. The number of hydrogen-bond acceptors (Lipinski definition) is 7. The average molecular weight is 418 g/mol. The highest BCUT2D eigenvalue weighted by atomic mass is 16.6. The maximum atomic E-state index is 12.5. The molecule has 2 aromatic carbocycles. The first kappa shape index (κ1) is 22.8. The molecule has 0 radical (unpaired) electrons. The van der Waals surface area contributed by atoms with Crippen LogP contribution >= 0.6 is 0 Å². The fraction of sp³-hybridized carbons (Fsp3) is 0.333. The lowest BCUT2D eigenvalue weighted by molar-refractivity contribution is -0.115. The Hall–Kier alpha value is -3.46. The molecule has 2 rings (SSSR count). The first-order valence-electron chi connectivity index (χ1n) is 9.12. The molecule has 0 bridgehead atoms. The molecule has 0 aliphatic rings. The molecule has 0 fully saturated rings. The van der Waals surface area contributed by atoms with Crippen LogP contribution in [0.25, 0.3) is 0 Å². The maximum Gasteiger partial charge on any atom is 0.411 e. The largest absolute Gasteiger partial charge is 0.493 e. The second-order valence-electron chi connectivity index (χ2n) is 6.09. The van der Waals surface area contributed by atoms with Gasteiger partial charge >= 0.3 is 6.09 Å². The van der Waals surface area contributed by atoms with E-state index in [0.717, 1.165) is 0 Å². The highest BCUT2D eigenvalue weighted by molar-refractivity contribution is 5.93. The molecular weight excluding hydrogens is 392 g/mol. The van der Waals surface area contributed by atoms with Crippen molar-refractivity contribution in [2.45, 2.75) is 6.42 Å². The van der Waals surface area contributed by atoms with Crippen LogP contribution < -0.4 is 24.8 Å². The predicted molar refractivity (Wildman–Crippen MR) is 112 cm³/mol. The Labute approximate surface area is 175 Å². The molecule has 0 saturated heterocycles. The number of methoxy groups -OCH3 is 4. The molecule has 30 heavy (non-hydrogen) atoms. The summed E-state index contributed by atoms with van der Waals surface area (Å²) in [6.45, 7) is 0.456. The topological polar surface area (TPSA) is 104 Å². The smallest absolute Gasteiger partial charge is 0.411 e. The van der Waals surface area contributed by atoms with Gasteiger partial charge in [-0.25, -0.2) is 4.79 Å². The average Bonchev–Trinajstić information content (AvgIpc) is 2.73. The van der Waals surface area contributed by atoms with Crippen LogP contribution in [0.1, 0.15) is 5.56 Å². The van der Waals surface area contributed by atoms with E-state index in [2.05, 4.69) is 10.6 Å². The molecular formula is C21H26N2O7. The van der Waals surface area contributed by atoms with Gasteiger partial charge in [0.05, 0.1) is 34.4 Å². The quantitative estimate of drug-likeness (QED) is 0.571. The summed E-state index contributed by atoms with van der Waals surface area (Å²) in [7, 11) is 6.06. The number of ether oxygens (including phenoxy) is 5. The number of rotatable bonds is 10. The van der Waals surface area contributed by atoms with Crippen molar-refractivity contribution in [3.8, 4) is 17.2 Å². The first-order valence-corrected chi connectivity index (χ1v) is 9.12. The summed E-state index contributed by atoms with van der Waals surface area (Å²) in [5.74, 6) is 1.15. The Balaban J connectivity index is 2.02. The number of hydrogen-bond donors (Lipinski definition) is 2. The fourth-order valence-electron chi connectivity index (χ4n) is 2.67. The van der Waals surface area contributed by atoms with Gasteiger partial charge in [0.1, 0.15) is 6.61 Å². The minimum atomic E-state index is -0.604. The van der Waals surface area contributed by atoms with E-state index < -0.39 is 6.09 Å². The normalized spacial score (nSPS) is 10.1. The Kier molecular flexibility index (Phi) is 8.76. The molecule has 9 nitrogen and oxygen atoms in total. The third-order valence-electron chi connectivity index (χ3n) is 4.00. The number of carbonyl (C=O) groups is 2. The lowest BCUT2D eigenvalue weighted by Gasteiger charge is -2.14. The molecule has 2 aromatic rings. The summed E-state index contributed by atoms with van der Waals surface area (Å²) < 4.78 is 25.7. The van der Waals surface area contributed by atoms with E-state index in [9.17, 15) is 9.59 Å². The molecule has 2 N–H and O–H groups in total. The van der Waals surface area contributed by atoms with E-state index in [4.69, 9.17) is 23.7 Å². The Morgan fingerprint density at radius 2 is 1.47 bits per heavy atom. The molecule has 0 aliphatic carbocycles. The third kappa shape index (κ3) is 6.56. The van der Waals surface area contributed by atoms with Crippen LogP contribution in [0.2, 0.25) is 0 Å².